The van der Waals surface area contributed by atoms with E-state index in [2.05, 4.69) is 4.72 Å². The maximum Gasteiger partial charge on any atom is 0.268 e. The number of fused-ring (bicyclic) bond motifs is 1. The summed E-state index contributed by atoms with van der Waals surface area (Å²) in [5.41, 5.74) is 0.168. The summed E-state index contributed by atoms with van der Waals surface area (Å²) in [6, 6.07) is 14.0. The second-order valence-electron chi connectivity index (χ2n) is 5.81. The average Bonchev–Trinajstić information content (AvgIpc) is 3.10. The average molecular weight is 419 g/mol. The number of rotatable bonds is 7. The molecule has 0 amide bonds. The molecule has 0 radical (unpaired) electrons. The van der Waals surface area contributed by atoms with Crippen LogP contribution in [-0.4, -0.2) is 41.1 Å². The summed E-state index contributed by atoms with van der Waals surface area (Å²) in [5, 5.41) is 9.48. The van der Waals surface area contributed by atoms with E-state index in [1.807, 2.05) is 6.07 Å². The van der Waals surface area contributed by atoms with Crippen molar-refractivity contribution in [1.82, 2.24) is 8.69 Å². The van der Waals surface area contributed by atoms with E-state index < -0.39 is 20.0 Å². The highest BCUT2D eigenvalue weighted by molar-refractivity contribution is 7.91. The molecule has 3 aromatic rings. The SMILES string of the molecule is COCCNS(=O)(=O)c1cn(S(=O)(=O)c2ccccc2)c2cccc(C#N)c12. The molecule has 1 heterocycles. The molecule has 0 atom stereocenters. The van der Waals surface area contributed by atoms with Gasteiger partial charge in [-0.1, -0.05) is 24.3 Å². The normalized spacial score (nSPS) is 12.1. The molecule has 0 bridgehead atoms. The van der Waals surface area contributed by atoms with Crippen LogP contribution in [0.3, 0.4) is 0 Å². The fourth-order valence-corrected chi connectivity index (χ4v) is 5.47. The van der Waals surface area contributed by atoms with E-state index in [9.17, 15) is 22.1 Å². The van der Waals surface area contributed by atoms with E-state index >= 15 is 0 Å². The summed E-state index contributed by atoms with van der Waals surface area (Å²) in [7, 11) is -6.71. The highest BCUT2D eigenvalue weighted by atomic mass is 32.2. The molecule has 0 aliphatic heterocycles. The van der Waals surface area contributed by atoms with Crippen LogP contribution in [-0.2, 0) is 24.8 Å². The van der Waals surface area contributed by atoms with Gasteiger partial charge in [0.2, 0.25) is 10.0 Å². The van der Waals surface area contributed by atoms with Crippen molar-refractivity contribution in [1.29, 1.82) is 5.26 Å². The van der Waals surface area contributed by atoms with Crippen LogP contribution in [0.15, 0.2) is 64.5 Å². The lowest BCUT2D eigenvalue weighted by atomic mass is 10.1. The Hall–Kier alpha value is -2.71. The van der Waals surface area contributed by atoms with Crippen LogP contribution in [0, 0.1) is 11.3 Å². The molecule has 0 fully saturated rings. The van der Waals surface area contributed by atoms with Crippen molar-refractivity contribution in [3.05, 3.63) is 60.3 Å². The van der Waals surface area contributed by atoms with Gasteiger partial charge < -0.3 is 4.74 Å². The van der Waals surface area contributed by atoms with Gasteiger partial charge in [-0.3, -0.25) is 0 Å². The van der Waals surface area contributed by atoms with Gasteiger partial charge in [-0.05, 0) is 24.3 Å². The third-order valence-electron chi connectivity index (χ3n) is 4.07. The van der Waals surface area contributed by atoms with E-state index in [0.29, 0.717) is 0 Å². The van der Waals surface area contributed by atoms with Crippen LogP contribution < -0.4 is 4.72 Å². The Bertz CT molecular complexity index is 1260. The number of methoxy groups -OCH3 is 1. The Labute approximate surface area is 163 Å². The van der Waals surface area contributed by atoms with Gasteiger partial charge in [0.05, 0.1) is 28.7 Å². The van der Waals surface area contributed by atoms with Crippen LogP contribution >= 0.6 is 0 Å². The Morgan fingerprint density at radius 1 is 1.07 bits per heavy atom. The minimum Gasteiger partial charge on any atom is -0.383 e. The summed E-state index contributed by atoms with van der Waals surface area (Å²) in [5.74, 6) is 0. The summed E-state index contributed by atoms with van der Waals surface area (Å²) < 4.78 is 59.8. The zero-order valence-corrected chi connectivity index (χ0v) is 16.5. The van der Waals surface area contributed by atoms with Crippen LogP contribution in [0.5, 0.6) is 0 Å². The molecule has 2 aromatic carbocycles. The third-order valence-corrected chi connectivity index (χ3v) is 7.23. The Balaban J connectivity index is 2.29. The lowest BCUT2D eigenvalue weighted by Gasteiger charge is -2.07. The predicted octanol–water partition coefficient (Wildman–Crippen LogP) is 1.67. The second-order valence-corrected chi connectivity index (χ2v) is 9.36. The zero-order valence-electron chi connectivity index (χ0n) is 14.9. The first-order valence-corrected chi connectivity index (χ1v) is 11.1. The molecule has 8 nitrogen and oxygen atoms in total. The van der Waals surface area contributed by atoms with E-state index in [-0.39, 0.29) is 39.4 Å². The number of aromatic nitrogens is 1. The highest BCUT2D eigenvalue weighted by Gasteiger charge is 2.28. The second kappa shape index (κ2) is 7.73. The van der Waals surface area contributed by atoms with Gasteiger partial charge in [0.1, 0.15) is 4.90 Å². The largest absolute Gasteiger partial charge is 0.383 e. The molecule has 28 heavy (non-hydrogen) atoms. The van der Waals surface area contributed by atoms with E-state index in [0.717, 1.165) is 10.2 Å². The molecule has 10 heteroatoms. The number of nitrogens with zero attached hydrogens (tertiary/aromatic N) is 2. The zero-order chi connectivity index (χ0) is 20.4. The minimum atomic E-state index is -4.08. The molecule has 1 N–H and O–H groups in total. The van der Waals surface area contributed by atoms with Gasteiger partial charge in [-0.25, -0.2) is 25.5 Å². The number of benzene rings is 2. The third kappa shape index (κ3) is 3.53. The maximum absolute atomic E-state index is 13.1. The number of ether oxygens (including phenoxy) is 1. The Morgan fingerprint density at radius 3 is 2.43 bits per heavy atom. The first kappa shape index (κ1) is 20.0. The molecular formula is C18H17N3O5S2. The number of sulfonamides is 1. The van der Waals surface area contributed by atoms with Gasteiger partial charge in [0, 0.05) is 25.2 Å². The van der Waals surface area contributed by atoms with Crippen molar-refractivity contribution in [2.45, 2.75) is 9.79 Å². The van der Waals surface area contributed by atoms with Crippen LogP contribution in [0.4, 0.5) is 0 Å². The van der Waals surface area contributed by atoms with Gasteiger partial charge in [0.25, 0.3) is 10.0 Å². The first-order chi connectivity index (χ1) is 13.3. The predicted molar refractivity (Wildman–Crippen MR) is 103 cm³/mol. The quantitative estimate of drug-likeness (QED) is 0.582. The Morgan fingerprint density at radius 2 is 1.79 bits per heavy atom. The summed E-state index contributed by atoms with van der Waals surface area (Å²) >= 11 is 0. The smallest absolute Gasteiger partial charge is 0.268 e. The van der Waals surface area contributed by atoms with Crippen molar-refractivity contribution in [3.63, 3.8) is 0 Å². The van der Waals surface area contributed by atoms with Crippen molar-refractivity contribution >= 4 is 30.9 Å². The lowest BCUT2D eigenvalue weighted by molar-refractivity contribution is 0.204. The minimum absolute atomic E-state index is 0.00514. The van der Waals surface area contributed by atoms with Crippen LogP contribution in [0.25, 0.3) is 10.9 Å². The fraction of sp³-hybridized carbons (Fsp3) is 0.167. The first-order valence-electron chi connectivity index (χ1n) is 8.16. The summed E-state index contributed by atoms with van der Waals surface area (Å²) in [6.45, 7) is 0.150. The monoisotopic (exact) mass is 419 g/mol. The highest BCUT2D eigenvalue weighted by Crippen LogP contribution is 2.31. The lowest BCUT2D eigenvalue weighted by Crippen LogP contribution is -2.27. The van der Waals surface area contributed by atoms with Crippen molar-refractivity contribution in [2.24, 2.45) is 0 Å². The van der Waals surface area contributed by atoms with E-state index in [1.165, 1.54) is 37.4 Å². The number of nitriles is 1. The standard InChI is InChI=1S/C18H17N3O5S2/c1-26-11-10-20-27(22,23)17-13-21(16-9-5-6-14(12-19)18(16)17)28(24,25)15-7-3-2-4-8-15/h2-9,13,20H,10-11H2,1H3. The molecule has 0 spiro atoms. The van der Waals surface area contributed by atoms with E-state index in [4.69, 9.17) is 4.74 Å². The molecular weight excluding hydrogens is 402 g/mol. The summed E-state index contributed by atoms with van der Waals surface area (Å²) in [6.07, 6.45) is 1.03. The molecule has 1 aromatic heterocycles. The van der Waals surface area contributed by atoms with Crippen LogP contribution in [0.2, 0.25) is 0 Å². The molecule has 0 unspecified atom stereocenters. The van der Waals surface area contributed by atoms with Gasteiger partial charge >= 0.3 is 0 Å². The molecule has 0 saturated carbocycles. The van der Waals surface area contributed by atoms with Crippen LogP contribution in [0.1, 0.15) is 5.56 Å². The summed E-state index contributed by atoms with van der Waals surface area (Å²) in [4.78, 5) is -0.277. The Kier molecular flexibility index (Phi) is 5.53. The van der Waals surface area contributed by atoms with Gasteiger partial charge in [0.15, 0.2) is 0 Å². The van der Waals surface area contributed by atoms with Gasteiger partial charge in [-0.15, -0.1) is 0 Å². The number of hydrogen-bond donors (Lipinski definition) is 1. The van der Waals surface area contributed by atoms with E-state index in [1.54, 1.807) is 18.2 Å². The molecule has 0 saturated heterocycles. The van der Waals surface area contributed by atoms with Crippen molar-refractivity contribution < 1.29 is 21.6 Å². The van der Waals surface area contributed by atoms with Crippen molar-refractivity contribution in [2.75, 3.05) is 20.3 Å². The number of nitrogens with one attached hydrogen (secondary N) is 1. The number of hydrogen-bond acceptors (Lipinski definition) is 6. The molecule has 146 valence electrons. The molecule has 0 aliphatic carbocycles. The van der Waals surface area contributed by atoms with Gasteiger partial charge in [-0.2, -0.15) is 5.26 Å². The molecule has 0 aliphatic rings. The molecule has 3 rings (SSSR count). The fourth-order valence-electron chi connectivity index (χ4n) is 2.78. The van der Waals surface area contributed by atoms with Crippen molar-refractivity contribution in [3.8, 4) is 6.07 Å². The maximum atomic E-state index is 13.1. The topological polar surface area (TPSA) is 118 Å².